The highest BCUT2D eigenvalue weighted by Crippen LogP contribution is 2.15. The molecule has 5 nitrogen and oxygen atoms in total. The van der Waals surface area contributed by atoms with Crippen LogP contribution in [0, 0.1) is 5.82 Å². The zero-order chi connectivity index (χ0) is 16.9. The normalized spacial score (nSPS) is 13.0. The lowest BCUT2D eigenvalue weighted by molar-refractivity contribution is 0.0936. The number of aliphatic hydroxyl groups is 1. The van der Waals surface area contributed by atoms with Gasteiger partial charge in [-0.05, 0) is 36.4 Å². The zero-order valence-corrected chi connectivity index (χ0v) is 13.4. The van der Waals surface area contributed by atoms with Crippen LogP contribution in [0.2, 0.25) is 0 Å². The van der Waals surface area contributed by atoms with Gasteiger partial charge in [0.15, 0.2) is 0 Å². The van der Waals surface area contributed by atoms with Crippen LogP contribution < -0.4 is 4.74 Å². The van der Waals surface area contributed by atoms with E-state index in [0.29, 0.717) is 5.75 Å². The van der Waals surface area contributed by atoms with Gasteiger partial charge in [-0.1, -0.05) is 18.2 Å². The summed E-state index contributed by atoms with van der Waals surface area (Å²) in [4.78, 5) is -0.0300. The van der Waals surface area contributed by atoms with Crippen LogP contribution in [0.4, 0.5) is 4.39 Å². The van der Waals surface area contributed by atoms with E-state index in [9.17, 15) is 17.9 Å². The molecule has 0 aliphatic rings. The molecule has 1 unspecified atom stereocenters. The standard InChI is InChI=1S/C16H18FNO4S/c1-18(23(20,21)16-9-7-13(17)8-10-16)11-14(19)12-22-15-5-3-2-4-6-15/h2-10,14,19H,11-12H2,1H3. The highest BCUT2D eigenvalue weighted by Gasteiger charge is 2.23. The van der Waals surface area contributed by atoms with E-state index in [-0.39, 0.29) is 18.0 Å². The Labute approximate surface area is 135 Å². The summed E-state index contributed by atoms with van der Waals surface area (Å²) in [5, 5.41) is 9.94. The summed E-state index contributed by atoms with van der Waals surface area (Å²) >= 11 is 0. The van der Waals surface area contributed by atoms with Gasteiger partial charge < -0.3 is 9.84 Å². The van der Waals surface area contributed by atoms with Crippen LogP contribution in [-0.4, -0.2) is 44.1 Å². The summed E-state index contributed by atoms with van der Waals surface area (Å²) in [7, 11) is -2.43. The van der Waals surface area contributed by atoms with E-state index in [1.807, 2.05) is 6.07 Å². The second kappa shape index (κ2) is 7.54. The average molecular weight is 339 g/mol. The maximum Gasteiger partial charge on any atom is 0.242 e. The third kappa shape index (κ3) is 4.75. The highest BCUT2D eigenvalue weighted by atomic mass is 32.2. The molecule has 0 aliphatic carbocycles. The van der Waals surface area contributed by atoms with Crippen molar-refractivity contribution in [3.05, 3.63) is 60.4 Å². The van der Waals surface area contributed by atoms with Gasteiger partial charge >= 0.3 is 0 Å². The van der Waals surface area contributed by atoms with Crippen molar-refractivity contribution in [2.45, 2.75) is 11.0 Å². The fourth-order valence-corrected chi connectivity index (χ4v) is 3.15. The Morgan fingerprint density at radius 2 is 1.74 bits per heavy atom. The molecule has 7 heteroatoms. The zero-order valence-electron chi connectivity index (χ0n) is 12.6. The first-order valence-electron chi connectivity index (χ1n) is 6.97. The first kappa shape index (κ1) is 17.4. The lowest BCUT2D eigenvalue weighted by Crippen LogP contribution is -2.37. The molecule has 0 spiro atoms. The van der Waals surface area contributed by atoms with E-state index in [0.717, 1.165) is 16.4 Å². The third-order valence-electron chi connectivity index (χ3n) is 3.18. The minimum atomic E-state index is -3.78. The first-order valence-corrected chi connectivity index (χ1v) is 8.41. The molecule has 2 rings (SSSR count). The number of halogens is 1. The van der Waals surface area contributed by atoms with Gasteiger partial charge in [0.05, 0.1) is 4.90 Å². The van der Waals surface area contributed by atoms with E-state index in [4.69, 9.17) is 4.74 Å². The van der Waals surface area contributed by atoms with E-state index in [1.165, 1.54) is 19.2 Å². The lowest BCUT2D eigenvalue weighted by atomic mass is 10.3. The molecular weight excluding hydrogens is 321 g/mol. The first-order chi connectivity index (χ1) is 10.9. The maximum absolute atomic E-state index is 12.9. The van der Waals surface area contributed by atoms with E-state index < -0.39 is 21.9 Å². The Morgan fingerprint density at radius 1 is 1.13 bits per heavy atom. The molecule has 2 aromatic carbocycles. The number of sulfonamides is 1. The van der Waals surface area contributed by atoms with Gasteiger partial charge in [-0.3, -0.25) is 0 Å². The Bertz CT molecular complexity index is 720. The molecule has 23 heavy (non-hydrogen) atoms. The molecule has 0 amide bonds. The number of rotatable bonds is 7. The topological polar surface area (TPSA) is 66.8 Å². The number of nitrogens with zero attached hydrogens (tertiary/aromatic N) is 1. The fraction of sp³-hybridized carbons (Fsp3) is 0.250. The van der Waals surface area contributed by atoms with Crippen LogP contribution in [0.15, 0.2) is 59.5 Å². The van der Waals surface area contributed by atoms with Crippen LogP contribution in [-0.2, 0) is 10.0 Å². The predicted octanol–water partition coefficient (Wildman–Crippen LogP) is 1.89. The minimum Gasteiger partial charge on any atom is -0.491 e. The summed E-state index contributed by atoms with van der Waals surface area (Å²) in [6.45, 7) is -0.167. The predicted molar refractivity (Wildman–Crippen MR) is 84.2 cm³/mol. The summed E-state index contributed by atoms with van der Waals surface area (Å²) < 4.78 is 43.9. The van der Waals surface area contributed by atoms with Crippen LogP contribution in [0.5, 0.6) is 5.75 Å². The molecule has 0 aliphatic heterocycles. The van der Waals surface area contributed by atoms with E-state index in [2.05, 4.69) is 0 Å². The Balaban J connectivity index is 1.94. The molecule has 1 atom stereocenters. The molecule has 0 aromatic heterocycles. The number of aliphatic hydroxyl groups excluding tert-OH is 1. The van der Waals surface area contributed by atoms with Crippen molar-refractivity contribution in [3.63, 3.8) is 0 Å². The molecule has 0 bridgehead atoms. The number of hydrogen-bond acceptors (Lipinski definition) is 4. The molecular formula is C16H18FNO4S. The quantitative estimate of drug-likeness (QED) is 0.836. The van der Waals surface area contributed by atoms with Crippen molar-refractivity contribution in [2.75, 3.05) is 20.2 Å². The summed E-state index contributed by atoms with van der Waals surface area (Å²) in [6, 6.07) is 13.5. The SMILES string of the molecule is CN(CC(O)COc1ccccc1)S(=O)(=O)c1ccc(F)cc1. The molecule has 0 saturated heterocycles. The van der Waals surface area contributed by atoms with Crippen LogP contribution in [0.3, 0.4) is 0 Å². The second-order valence-electron chi connectivity index (χ2n) is 5.02. The van der Waals surface area contributed by atoms with Crippen LogP contribution in [0.25, 0.3) is 0 Å². The van der Waals surface area contributed by atoms with Crippen molar-refractivity contribution in [3.8, 4) is 5.75 Å². The average Bonchev–Trinajstić information content (AvgIpc) is 2.54. The van der Waals surface area contributed by atoms with Crippen molar-refractivity contribution in [2.24, 2.45) is 0 Å². The Morgan fingerprint density at radius 3 is 2.35 bits per heavy atom. The molecule has 0 fully saturated rings. The molecule has 0 radical (unpaired) electrons. The lowest BCUT2D eigenvalue weighted by Gasteiger charge is -2.20. The Hall–Kier alpha value is -1.96. The van der Waals surface area contributed by atoms with Gasteiger partial charge in [0, 0.05) is 13.6 Å². The third-order valence-corrected chi connectivity index (χ3v) is 5.01. The molecule has 124 valence electrons. The highest BCUT2D eigenvalue weighted by molar-refractivity contribution is 7.89. The van der Waals surface area contributed by atoms with Gasteiger partial charge in [-0.15, -0.1) is 0 Å². The van der Waals surface area contributed by atoms with Crippen molar-refractivity contribution >= 4 is 10.0 Å². The van der Waals surface area contributed by atoms with Gasteiger partial charge in [0.25, 0.3) is 0 Å². The summed E-state index contributed by atoms with van der Waals surface area (Å²) in [5.41, 5.74) is 0. The number of ether oxygens (including phenoxy) is 1. The second-order valence-corrected chi connectivity index (χ2v) is 7.06. The van der Waals surface area contributed by atoms with E-state index in [1.54, 1.807) is 24.3 Å². The molecule has 0 saturated carbocycles. The molecule has 1 N–H and O–H groups in total. The van der Waals surface area contributed by atoms with E-state index >= 15 is 0 Å². The molecule has 2 aromatic rings. The Kier molecular flexibility index (Phi) is 5.70. The monoisotopic (exact) mass is 339 g/mol. The van der Waals surface area contributed by atoms with Crippen LogP contribution >= 0.6 is 0 Å². The number of benzene rings is 2. The number of likely N-dealkylation sites (N-methyl/N-ethyl adjacent to an activating group) is 1. The fourth-order valence-electron chi connectivity index (χ4n) is 1.94. The number of para-hydroxylation sites is 1. The van der Waals surface area contributed by atoms with Gasteiger partial charge in [0.2, 0.25) is 10.0 Å². The smallest absolute Gasteiger partial charge is 0.242 e. The van der Waals surface area contributed by atoms with Crippen molar-refractivity contribution in [1.82, 2.24) is 4.31 Å². The van der Waals surface area contributed by atoms with Gasteiger partial charge in [-0.2, -0.15) is 4.31 Å². The van der Waals surface area contributed by atoms with Gasteiger partial charge in [0.1, 0.15) is 24.3 Å². The summed E-state index contributed by atoms with van der Waals surface area (Å²) in [6.07, 6.45) is -0.990. The van der Waals surface area contributed by atoms with Gasteiger partial charge in [-0.25, -0.2) is 12.8 Å². The largest absolute Gasteiger partial charge is 0.491 e. The summed E-state index contributed by atoms with van der Waals surface area (Å²) in [5.74, 6) is 0.0819. The molecule has 0 heterocycles. The minimum absolute atomic E-state index is 0.0300. The maximum atomic E-state index is 12.9. The van der Waals surface area contributed by atoms with Crippen LogP contribution in [0.1, 0.15) is 0 Å². The van der Waals surface area contributed by atoms with Crippen molar-refractivity contribution < 1.29 is 22.7 Å². The van der Waals surface area contributed by atoms with Crippen molar-refractivity contribution in [1.29, 1.82) is 0 Å². The number of hydrogen-bond donors (Lipinski definition) is 1.